The number of sulfonamides is 1. The molecular weight excluding hydrogens is 292 g/mol. The third-order valence-corrected chi connectivity index (χ3v) is 5.71. The smallest absolute Gasteiger partial charge is 0.242 e. The zero-order chi connectivity index (χ0) is 15.0. The molecule has 1 aromatic rings. The number of hydrogen-bond donors (Lipinski definition) is 1. The van der Waals surface area contributed by atoms with Crippen LogP contribution in [0.5, 0.6) is 0 Å². The summed E-state index contributed by atoms with van der Waals surface area (Å²) in [7, 11) is -1.99. The van der Waals surface area contributed by atoms with E-state index >= 15 is 0 Å². The number of benzene rings is 1. The van der Waals surface area contributed by atoms with E-state index < -0.39 is 10.0 Å². The number of nitrogens with one attached hydrogen (secondary N) is 1. The van der Waals surface area contributed by atoms with Crippen molar-refractivity contribution < 1.29 is 17.9 Å². The van der Waals surface area contributed by atoms with Gasteiger partial charge in [0.1, 0.15) is 0 Å². The molecule has 2 aliphatic rings. The third-order valence-electron chi connectivity index (χ3n) is 3.89. The van der Waals surface area contributed by atoms with Crippen molar-refractivity contribution >= 4 is 21.6 Å². The quantitative estimate of drug-likeness (QED) is 0.899. The molecule has 0 bridgehead atoms. The Balaban J connectivity index is 1.81. The summed E-state index contributed by atoms with van der Waals surface area (Å²) in [6.45, 7) is 1.06. The van der Waals surface area contributed by atoms with Crippen LogP contribution in [0.3, 0.4) is 0 Å². The van der Waals surface area contributed by atoms with Crippen LogP contribution in [0.1, 0.15) is 18.4 Å². The fraction of sp³-hybridized carbons (Fsp3) is 0.500. The number of fused-ring (bicyclic) bond motifs is 1. The van der Waals surface area contributed by atoms with Gasteiger partial charge in [0, 0.05) is 25.9 Å². The second-order valence-electron chi connectivity index (χ2n) is 5.46. The minimum atomic E-state index is -3.55. The summed E-state index contributed by atoms with van der Waals surface area (Å²) >= 11 is 0. The summed E-state index contributed by atoms with van der Waals surface area (Å²) in [6.07, 6.45) is 2.07. The van der Waals surface area contributed by atoms with Crippen LogP contribution in [0.25, 0.3) is 0 Å². The number of hydrogen-bond acceptors (Lipinski definition) is 4. The highest BCUT2D eigenvalue weighted by atomic mass is 32.2. The Morgan fingerprint density at radius 3 is 2.95 bits per heavy atom. The number of rotatable bonds is 4. The van der Waals surface area contributed by atoms with Crippen molar-refractivity contribution in [1.82, 2.24) is 4.31 Å². The van der Waals surface area contributed by atoms with Gasteiger partial charge in [0.25, 0.3) is 0 Å². The van der Waals surface area contributed by atoms with Gasteiger partial charge in [-0.05, 0) is 36.6 Å². The standard InChI is InChI=1S/C14H18N2O4S/c1-16(9-11-3-2-6-20-11)21(18,19)12-4-5-13-10(7-12)8-14(17)15-13/h4-5,7,11H,2-3,6,8-9H2,1H3,(H,15,17). The molecule has 6 nitrogen and oxygen atoms in total. The summed E-state index contributed by atoms with van der Waals surface area (Å²) in [6, 6.07) is 4.76. The minimum absolute atomic E-state index is 0.0255. The molecule has 0 spiro atoms. The molecule has 0 saturated carbocycles. The number of carbonyl (C=O) groups excluding carboxylic acids is 1. The maximum absolute atomic E-state index is 12.6. The van der Waals surface area contributed by atoms with Crippen LogP contribution < -0.4 is 5.32 Å². The minimum Gasteiger partial charge on any atom is -0.377 e. The molecule has 7 heteroatoms. The van der Waals surface area contributed by atoms with Gasteiger partial charge in [0.2, 0.25) is 15.9 Å². The molecule has 1 unspecified atom stereocenters. The first-order valence-corrected chi connectivity index (χ1v) is 8.41. The first-order valence-electron chi connectivity index (χ1n) is 6.97. The van der Waals surface area contributed by atoms with Crippen LogP contribution in [-0.2, 0) is 26.0 Å². The number of anilines is 1. The van der Waals surface area contributed by atoms with Gasteiger partial charge < -0.3 is 10.1 Å². The van der Waals surface area contributed by atoms with Gasteiger partial charge in [-0.1, -0.05) is 0 Å². The molecule has 1 aromatic carbocycles. The fourth-order valence-electron chi connectivity index (χ4n) is 2.72. The number of amides is 1. The molecule has 21 heavy (non-hydrogen) atoms. The average molecular weight is 310 g/mol. The van der Waals surface area contributed by atoms with Crippen molar-refractivity contribution in [2.45, 2.75) is 30.3 Å². The van der Waals surface area contributed by atoms with Crippen LogP contribution in [0.15, 0.2) is 23.1 Å². The summed E-state index contributed by atoms with van der Waals surface area (Å²) in [5, 5.41) is 2.70. The zero-order valence-corrected chi connectivity index (χ0v) is 12.6. The molecule has 2 aliphatic heterocycles. The van der Waals surface area contributed by atoms with Crippen molar-refractivity contribution in [3.63, 3.8) is 0 Å². The van der Waals surface area contributed by atoms with Crippen molar-refractivity contribution in [3.8, 4) is 0 Å². The van der Waals surface area contributed by atoms with Gasteiger partial charge in [0.15, 0.2) is 0 Å². The molecule has 0 aromatic heterocycles. The molecule has 114 valence electrons. The Hall–Kier alpha value is -1.44. The van der Waals surface area contributed by atoms with Crippen LogP contribution in [0.2, 0.25) is 0 Å². The van der Waals surface area contributed by atoms with Crippen molar-refractivity contribution in [2.75, 3.05) is 25.5 Å². The van der Waals surface area contributed by atoms with E-state index in [0.29, 0.717) is 18.8 Å². The Morgan fingerprint density at radius 1 is 1.43 bits per heavy atom. The molecule has 0 radical (unpaired) electrons. The Labute approximate surface area is 124 Å². The lowest BCUT2D eigenvalue weighted by Gasteiger charge is -2.20. The number of ether oxygens (including phenoxy) is 1. The fourth-order valence-corrected chi connectivity index (χ4v) is 3.97. The second-order valence-corrected chi connectivity index (χ2v) is 7.51. The SMILES string of the molecule is CN(CC1CCCO1)S(=O)(=O)c1ccc2c(c1)CC(=O)N2. The Bertz CT molecular complexity index is 666. The summed E-state index contributed by atoms with van der Waals surface area (Å²) in [5.41, 5.74) is 1.42. The molecule has 1 atom stereocenters. The molecule has 1 amide bonds. The first-order chi connectivity index (χ1) is 9.96. The zero-order valence-electron chi connectivity index (χ0n) is 11.8. The first kappa shape index (κ1) is 14.5. The number of likely N-dealkylation sites (N-methyl/N-ethyl adjacent to an activating group) is 1. The predicted molar refractivity (Wildman–Crippen MR) is 77.6 cm³/mol. The van der Waals surface area contributed by atoms with E-state index in [1.54, 1.807) is 19.2 Å². The molecule has 1 fully saturated rings. The summed E-state index contributed by atoms with van der Waals surface area (Å²) in [4.78, 5) is 11.6. The molecule has 3 rings (SSSR count). The van der Waals surface area contributed by atoms with Gasteiger partial charge in [-0.2, -0.15) is 4.31 Å². The van der Waals surface area contributed by atoms with E-state index in [2.05, 4.69) is 5.32 Å². The van der Waals surface area contributed by atoms with Crippen LogP contribution in [0, 0.1) is 0 Å². The highest BCUT2D eigenvalue weighted by molar-refractivity contribution is 7.89. The molecule has 1 N–H and O–H groups in total. The summed E-state index contributed by atoms with van der Waals surface area (Å²) in [5.74, 6) is -0.104. The second kappa shape index (κ2) is 5.40. The largest absolute Gasteiger partial charge is 0.377 e. The molecular formula is C14H18N2O4S. The highest BCUT2D eigenvalue weighted by Crippen LogP contribution is 2.27. The lowest BCUT2D eigenvalue weighted by Crippen LogP contribution is -2.34. The van der Waals surface area contributed by atoms with E-state index in [9.17, 15) is 13.2 Å². The highest BCUT2D eigenvalue weighted by Gasteiger charge is 2.27. The normalized spacial score (nSPS) is 21.6. The van der Waals surface area contributed by atoms with Crippen LogP contribution in [-0.4, -0.2) is 44.9 Å². The summed E-state index contributed by atoms with van der Waals surface area (Å²) < 4.78 is 31.9. The molecule has 2 heterocycles. The maximum atomic E-state index is 12.6. The van der Waals surface area contributed by atoms with Crippen molar-refractivity contribution in [2.24, 2.45) is 0 Å². The Morgan fingerprint density at radius 2 is 2.24 bits per heavy atom. The van der Waals surface area contributed by atoms with Crippen molar-refractivity contribution in [3.05, 3.63) is 23.8 Å². The maximum Gasteiger partial charge on any atom is 0.242 e. The monoisotopic (exact) mass is 310 g/mol. The van der Waals surface area contributed by atoms with E-state index in [1.807, 2.05) is 0 Å². The Kier molecular flexibility index (Phi) is 3.73. The average Bonchev–Trinajstić information content (AvgIpc) is 3.05. The lowest BCUT2D eigenvalue weighted by atomic mass is 10.2. The van der Waals surface area contributed by atoms with E-state index in [0.717, 1.165) is 18.4 Å². The van der Waals surface area contributed by atoms with E-state index in [-0.39, 0.29) is 23.3 Å². The van der Waals surface area contributed by atoms with Gasteiger partial charge in [-0.3, -0.25) is 4.79 Å². The third kappa shape index (κ3) is 2.81. The van der Waals surface area contributed by atoms with Gasteiger partial charge >= 0.3 is 0 Å². The molecule has 0 aliphatic carbocycles. The molecule has 1 saturated heterocycles. The van der Waals surface area contributed by atoms with E-state index in [1.165, 1.54) is 10.4 Å². The topological polar surface area (TPSA) is 75.7 Å². The lowest BCUT2D eigenvalue weighted by molar-refractivity contribution is -0.115. The van der Waals surface area contributed by atoms with Crippen LogP contribution >= 0.6 is 0 Å². The van der Waals surface area contributed by atoms with E-state index in [4.69, 9.17) is 4.74 Å². The number of carbonyl (C=O) groups is 1. The van der Waals surface area contributed by atoms with Gasteiger partial charge in [0.05, 0.1) is 17.4 Å². The van der Waals surface area contributed by atoms with Gasteiger partial charge in [-0.15, -0.1) is 0 Å². The van der Waals surface area contributed by atoms with Gasteiger partial charge in [-0.25, -0.2) is 8.42 Å². The van der Waals surface area contributed by atoms with Crippen LogP contribution in [0.4, 0.5) is 5.69 Å². The predicted octanol–water partition coefficient (Wildman–Crippen LogP) is 0.981. The van der Waals surface area contributed by atoms with Crippen molar-refractivity contribution in [1.29, 1.82) is 0 Å². The number of nitrogens with zero attached hydrogens (tertiary/aromatic N) is 1.